The Bertz CT molecular complexity index is 1390. The fourth-order valence-corrected chi connectivity index (χ4v) is 5.58. The molecule has 0 fully saturated rings. The van der Waals surface area contributed by atoms with Crippen LogP contribution in [0.1, 0.15) is 43.9 Å². The summed E-state index contributed by atoms with van der Waals surface area (Å²) >= 11 is 6.18. The Labute approximate surface area is 236 Å². The minimum absolute atomic E-state index is 0.0745. The van der Waals surface area contributed by atoms with Crippen molar-refractivity contribution in [3.63, 3.8) is 0 Å². The van der Waals surface area contributed by atoms with Crippen molar-refractivity contribution in [2.75, 3.05) is 10.8 Å². The molecule has 3 aromatic carbocycles. The highest BCUT2D eigenvalue weighted by atomic mass is 35.5. The quantitative estimate of drug-likeness (QED) is 0.331. The van der Waals surface area contributed by atoms with Crippen LogP contribution in [0.2, 0.25) is 5.02 Å². The zero-order valence-electron chi connectivity index (χ0n) is 23.0. The van der Waals surface area contributed by atoms with E-state index < -0.39 is 28.5 Å². The second kappa shape index (κ2) is 13.1. The van der Waals surface area contributed by atoms with Crippen molar-refractivity contribution in [1.29, 1.82) is 0 Å². The van der Waals surface area contributed by atoms with Gasteiger partial charge in [0.2, 0.25) is 11.8 Å². The maximum atomic E-state index is 13.9. The minimum atomic E-state index is -4.10. The molecule has 0 unspecified atom stereocenters. The molecule has 2 amide bonds. The van der Waals surface area contributed by atoms with Gasteiger partial charge in [-0.3, -0.25) is 13.9 Å². The van der Waals surface area contributed by atoms with Crippen LogP contribution in [-0.4, -0.2) is 43.8 Å². The number of anilines is 1. The number of nitrogens with one attached hydrogen (secondary N) is 1. The first kappa shape index (κ1) is 30.2. The normalized spacial score (nSPS) is 12.9. The number of benzene rings is 3. The minimum Gasteiger partial charge on any atom is -0.352 e. The first-order valence-electron chi connectivity index (χ1n) is 12.9. The SMILES string of the molecule is CC[C@H](C)NC(=O)[C@H](C)N(Cc1cccc(Cl)c1)C(=O)CN(c1ccc(C)cc1)S(=O)(=O)c1ccc(C)cc1. The zero-order chi connectivity index (χ0) is 28.7. The summed E-state index contributed by atoms with van der Waals surface area (Å²) in [4.78, 5) is 28.5. The summed E-state index contributed by atoms with van der Waals surface area (Å²) in [5, 5.41) is 3.42. The molecular formula is C30H36ClN3O4S. The van der Waals surface area contributed by atoms with Gasteiger partial charge in [-0.15, -0.1) is 0 Å². The van der Waals surface area contributed by atoms with Crippen molar-refractivity contribution in [3.05, 3.63) is 94.5 Å². The Morgan fingerprint density at radius 1 is 0.923 bits per heavy atom. The third kappa shape index (κ3) is 7.83. The average Bonchev–Trinajstić information content (AvgIpc) is 2.90. The van der Waals surface area contributed by atoms with Gasteiger partial charge >= 0.3 is 0 Å². The molecule has 0 aliphatic carbocycles. The number of halogens is 1. The monoisotopic (exact) mass is 569 g/mol. The largest absolute Gasteiger partial charge is 0.352 e. The summed E-state index contributed by atoms with van der Waals surface area (Å²) in [6.07, 6.45) is 0.733. The van der Waals surface area contributed by atoms with E-state index in [1.54, 1.807) is 61.5 Å². The molecule has 0 saturated heterocycles. The van der Waals surface area contributed by atoms with Gasteiger partial charge in [0.15, 0.2) is 0 Å². The van der Waals surface area contributed by atoms with Gasteiger partial charge in [0.05, 0.1) is 10.6 Å². The number of sulfonamides is 1. The Morgan fingerprint density at radius 2 is 1.51 bits per heavy atom. The number of aryl methyl sites for hydroxylation is 2. The molecule has 0 saturated carbocycles. The highest BCUT2D eigenvalue weighted by molar-refractivity contribution is 7.92. The highest BCUT2D eigenvalue weighted by Crippen LogP contribution is 2.25. The van der Waals surface area contributed by atoms with E-state index in [9.17, 15) is 18.0 Å². The summed E-state index contributed by atoms with van der Waals surface area (Å²) in [7, 11) is -4.10. The molecule has 0 spiro atoms. The van der Waals surface area contributed by atoms with E-state index in [0.717, 1.165) is 27.4 Å². The highest BCUT2D eigenvalue weighted by Gasteiger charge is 2.32. The zero-order valence-corrected chi connectivity index (χ0v) is 24.6. The van der Waals surface area contributed by atoms with E-state index >= 15 is 0 Å². The first-order chi connectivity index (χ1) is 18.4. The maximum absolute atomic E-state index is 13.9. The first-order valence-corrected chi connectivity index (χ1v) is 14.7. The Balaban J connectivity index is 2.02. The van der Waals surface area contributed by atoms with Crippen molar-refractivity contribution >= 4 is 39.1 Å². The molecule has 3 aromatic rings. The van der Waals surface area contributed by atoms with Gasteiger partial charge in [-0.2, -0.15) is 0 Å². The molecule has 7 nitrogen and oxygen atoms in total. The van der Waals surface area contributed by atoms with Crippen LogP contribution in [0.3, 0.4) is 0 Å². The molecule has 0 heterocycles. The van der Waals surface area contributed by atoms with Crippen LogP contribution < -0.4 is 9.62 Å². The van der Waals surface area contributed by atoms with Gasteiger partial charge in [-0.05, 0) is 76.1 Å². The van der Waals surface area contributed by atoms with Crippen LogP contribution >= 0.6 is 11.6 Å². The molecule has 1 N–H and O–H groups in total. The number of carbonyl (C=O) groups is 2. The van der Waals surface area contributed by atoms with Crippen molar-refractivity contribution in [1.82, 2.24) is 10.2 Å². The Morgan fingerprint density at radius 3 is 2.08 bits per heavy atom. The number of hydrogen-bond donors (Lipinski definition) is 1. The van der Waals surface area contributed by atoms with E-state index in [4.69, 9.17) is 11.6 Å². The van der Waals surface area contributed by atoms with Crippen LogP contribution in [0, 0.1) is 13.8 Å². The predicted octanol–water partition coefficient (Wildman–Crippen LogP) is 5.48. The molecule has 0 bridgehead atoms. The van der Waals surface area contributed by atoms with Crippen LogP contribution in [0.5, 0.6) is 0 Å². The fraction of sp³-hybridized carbons (Fsp3) is 0.333. The van der Waals surface area contributed by atoms with E-state index in [1.807, 2.05) is 33.8 Å². The lowest BCUT2D eigenvalue weighted by Gasteiger charge is -2.32. The summed E-state index contributed by atoms with van der Waals surface area (Å²) in [6.45, 7) is 8.86. The lowest BCUT2D eigenvalue weighted by Crippen LogP contribution is -2.52. The second-order valence-corrected chi connectivity index (χ2v) is 12.1. The van der Waals surface area contributed by atoms with E-state index in [0.29, 0.717) is 10.7 Å². The molecule has 0 radical (unpaired) electrons. The molecule has 9 heteroatoms. The van der Waals surface area contributed by atoms with Gasteiger partial charge in [-0.1, -0.05) is 66.0 Å². The summed E-state index contributed by atoms with van der Waals surface area (Å²) in [5.41, 5.74) is 2.95. The van der Waals surface area contributed by atoms with Gasteiger partial charge in [0, 0.05) is 17.6 Å². The van der Waals surface area contributed by atoms with Gasteiger partial charge in [-0.25, -0.2) is 8.42 Å². The molecular weight excluding hydrogens is 534 g/mol. The van der Waals surface area contributed by atoms with Crippen molar-refractivity contribution in [3.8, 4) is 0 Å². The van der Waals surface area contributed by atoms with Crippen LogP contribution in [-0.2, 0) is 26.2 Å². The standard InChI is InChI=1S/C30H36ClN3O4S/c1-6-23(4)32-30(36)24(5)33(19-25-8-7-9-26(31)18-25)29(35)20-34(27-14-10-21(2)11-15-27)39(37,38)28-16-12-22(3)13-17-28/h7-18,23-24H,6,19-20H2,1-5H3,(H,32,36)/t23-,24-/m0/s1. The summed E-state index contributed by atoms with van der Waals surface area (Å²) < 4.78 is 28.8. The Hall–Kier alpha value is -3.36. The van der Waals surface area contributed by atoms with E-state index in [1.165, 1.54) is 17.0 Å². The lowest BCUT2D eigenvalue weighted by molar-refractivity contribution is -0.139. The number of amides is 2. The molecule has 3 rings (SSSR count). The van der Waals surface area contributed by atoms with Gasteiger partial charge in [0.25, 0.3) is 10.0 Å². The van der Waals surface area contributed by atoms with Crippen LogP contribution in [0.15, 0.2) is 77.7 Å². The second-order valence-electron chi connectivity index (χ2n) is 9.81. The Kier molecular flexibility index (Phi) is 10.2. The predicted molar refractivity (Wildman–Crippen MR) is 156 cm³/mol. The number of hydrogen-bond acceptors (Lipinski definition) is 4. The maximum Gasteiger partial charge on any atom is 0.264 e. The topological polar surface area (TPSA) is 86.8 Å². The summed E-state index contributed by atoms with van der Waals surface area (Å²) in [6, 6.07) is 19.5. The van der Waals surface area contributed by atoms with Crippen LogP contribution in [0.4, 0.5) is 5.69 Å². The van der Waals surface area contributed by atoms with Gasteiger partial charge < -0.3 is 10.2 Å². The number of carbonyl (C=O) groups excluding carboxylic acids is 2. The molecule has 0 aliphatic heterocycles. The van der Waals surface area contributed by atoms with Crippen molar-refractivity contribution in [2.24, 2.45) is 0 Å². The van der Waals surface area contributed by atoms with E-state index in [2.05, 4.69) is 5.32 Å². The number of rotatable bonds is 11. The molecule has 2 atom stereocenters. The van der Waals surface area contributed by atoms with Crippen LogP contribution in [0.25, 0.3) is 0 Å². The molecule has 208 valence electrons. The van der Waals surface area contributed by atoms with E-state index in [-0.39, 0.29) is 23.4 Å². The fourth-order valence-electron chi connectivity index (χ4n) is 3.96. The number of nitrogens with zero attached hydrogens (tertiary/aromatic N) is 2. The summed E-state index contributed by atoms with van der Waals surface area (Å²) in [5.74, 6) is -0.832. The third-order valence-corrected chi connectivity index (χ3v) is 8.64. The average molecular weight is 570 g/mol. The van der Waals surface area contributed by atoms with Crippen molar-refractivity contribution in [2.45, 2.75) is 64.6 Å². The third-order valence-electron chi connectivity index (χ3n) is 6.62. The molecule has 0 aliphatic rings. The smallest absolute Gasteiger partial charge is 0.264 e. The lowest BCUT2D eigenvalue weighted by atomic mass is 10.1. The molecule has 39 heavy (non-hydrogen) atoms. The van der Waals surface area contributed by atoms with Crippen molar-refractivity contribution < 1.29 is 18.0 Å². The molecule has 0 aromatic heterocycles. The van der Waals surface area contributed by atoms with Gasteiger partial charge in [0.1, 0.15) is 12.6 Å².